The Balaban J connectivity index is 1.81. The molecule has 164 valence electrons. The Bertz CT molecular complexity index is 1170. The van der Waals surface area contributed by atoms with Crippen LogP contribution in [0.5, 0.6) is 0 Å². The molecule has 0 aliphatic carbocycles. The molecule has 2 aromatic heterocycles. The van der Waals surface area contributed by atoms with E-state index in [1.54, 1.807) is 42.9 Å². The number of thioether (sulfide) groups is 1. The predicted octanol–water partition coefficient (Wildman–Crippen LogP) is 4.04. The molecule has 3 aromatic rings. The maximum absolute atomic E-state index is 13.1. The molecule has 0 fully saturated rings. The zero-order chi connectivity index (χ0) is 22.5. The monoisotopic (exact) mass is 459 g/mol. The lowest BCUT2D eigenvalue weighted by atomic mass is 10.1. The number of nitrogens with zero attached hydrogens (tertiary/aromatic N) is 2. The molecule has 0 aliphatic rings. The van der Waals surface area contributed by atoms with Crippen LogP contribution in [0.2, 0.25) is 0 Å². The van der Waals surface area contributed by atoms with E-state index in [9.17, 15) is 14.4 Å². The number of amides is 1. The number of rotatable bonds is 9. The van der Waals surface area contributed by atoms with Crippen LogP contribution in [-0.2, 0) is 16.1 Å². The minimum atomic E-state index is -0.102. The molecule has 3 rings (SSSR count). The summed E-state index contributed by atoms with van der Waals surface area (Å²) in [4.78, 5) is 43.7. The van der Waals surface area contributed by atoms with Gasteiger partial charge in [0.25, 0.3) is 5.56 Å². The lowest BCUT2D eigenvalue weighted by Crippen LogP contribution is -2.25. The molecule has 0 atom stereocenters. The molecule has 1 aromatic carbocycles. The normalized spacial score (nSPS) is 11.1. The van der Waals surface area contributed by atoms with Gasteiger partial charge in [-0.2, -0.15) is 0 Å². The fraction of sp³-hybridized carbons (Fsp3) is 0.364. The van der Waals surface area contributed by atoms with Crippen molar-refractivity contribution in [2.75, 3.05) is 24.8 Å². The third-order valence-corrected chi connectivity index (χ3v) is 6.99. The number of aromatic nitrogens is 2. The van der Waals surface area contributed by atoms with Crippen molar-refractivity contribution in [1.29, 1.82) is 0 Å². The zero-order valence-corrected chi connectivity index (χ0v) is 19.6. The summed E-state index contributed by atoms with van der Waals surface area (Å²) in [5.74, 6) is -0.0108. The van der Waals surface area contributed by atoms with E-state index in [0.717, 1.165) is 10.4 Å². The second-order valence-corrected chi connectivity index (χ2v) is 9.14. The van der Waals surface area contributed by atoms with Crippen molar-refractivity contribution in [3.8, 4) is 0 Å². The first-order valence-electron chi connectivity index (χ1n) is 9.91. The summed E-state index contributed by atoms with van der Waals surface area (Å²) in [7, 11) is 1.58. The number of carbonyl (C=O) groups is 2. The van der Waals surface area contributed by atoms with Gasteiger partial charge in [0, 0.05) is 29.7 Å². The lowest BCUT2D eigenvalue weighted by Gasteiger charge is -2.11. The van der Waals surface area contributed by atoms with Crippen LogP contribution < -0.4 is 10.9 Å². The lowest BCUT2D eigenvalue weighted by molar-refractivity contribution is -0.115. The van der Waals surface area contributed by atoms with E-state index in [1.807, 2.05) is 13.8 Å². The summed E-state index contributed by atoms with van der Waals surface area (Å²) in [5, 5.41) is 3.91. The number of ether oxygens (including phenoxy) is 1. The highest BCUT2D eigenvalue weighted by Gasteiger charge is 2.18. The van der Waals surface area contributed by atoms with Gasteiger partial charge in [-0.25, -0.2) is 4.98 Å². The number of aryl methyl sites for hydroxylation is 2. The Morgan fingerprint density at radius 2 is 1.94 bits per heavy atom. The van der Waals surface area contributed by atoms with Crippen molar-refractivity contribution in [1.82, 2.24) is 9.55 Å². The maximum atomic E-state index is 13.1. The number of anilines is 1. The molecule has 0 unspecified atom stereocenters. The second kappa shape index (κ2) is 10.2. The molecule has 0 bridgehead atoms. The molecule has 0 spiro atoms. The van der Waals surface area contributed by atoms with E-state index >= 15 is 0 Å². The quantitative estimate of drug-likeness (QED) is 0.295. The number of hydrogen-bond acceptors (Lipinski definition) is 7. The number of benzene rings is 1. The number of fused-ring (bicyclic) bond motifs is 1. The highest BCUT2D eigenvalue weighted by Crippen LogP contribution is 2.28. The maximum Gasteiger partial charge on any atom is 0.263 e. The van der Waals surface area contributed by atoms with Crippen LogP contribution in [0.3, 0.4) is 0 Å². The Labute approximate surface area is 188 Å². The molecule has 1 amide bonds. The molecule has 2 heterocycles. The number of carbonyl (C=O) groups excluding carboxylic acids is 2. The van der Waals surface area contributed by atoms with E-state index in [-0.39, 0.29) is 23.0 Å². The van der Waals surface area contributed by atoms with Gasteiger partial charge in [-0.05, 0) is 43.7 Å². The van der Waals surface area contributed by atoms with Crippen molar-refractivity contribution in [2.24, 2.45) is 0 Å². The van der Waals surface area contributed by atoms with Gasteiger partial charge in [0.2, 0.25) is 5.91 Å². The fourth-order valence-electron chi connectivity index (χ4n) is 3.00. The summed E-state index contributed by atoms with van der Waals surface area (Å²) in [6.07, 6.45) is 0.392. The van der Waals surface area contributed by atoms with Crippen molar-refractivity contribution in [3.63, 3.8) is 0 Å². The average molecular weight is 460 g/mol. The molecule has 1 N–H and O–H groups in total. The summed E-state index contributed by atoms with van der Waals surface area (Å²) in [6, 6.07) is 6.80. The molecule has 7 nitrogen and oxygen atoms in total. The minimum Gasteiger partial charge on any atom is -0.383 e. The molecule has 0 radical (unpaired) electrons. The van der Waals surface area contributed by atoms with Gasteiger partial charge in [-0.3, -0.25) is 19.0 Å². The molecule has 0 aliphatic heterocycles. The number of nitrogens with one attached hydrogen (secondary N) is 1. The first kappa shape index (κ1) is 23.2. The topological polar surface area (TPSA) is 90.3 Å². The van der Waals surface area contributed by atoms with Crippen LogP contribution in [0.1, 0.15) is 34.1 Å². The van der Waals surface area contributed by atoms with E-state index in [0.29, 0.717) is 46.2 Å². The zero-order valence-electron chi connectivity index (χ0n) is 18.0. The van der Waals surface area contributed by atoms with E-state index in [4.69, 9.17) is 4.74 Å². The third kappa shape index (κ3) is 5.23. The Kier molecular flexibility index (Phi) is 7.64. The standard InChI is InChI=1S/C22H25N3O4S2/c1-5-18(27)23-16-8-6-15(7-9-16)17(26)12-30-22-24-20-19(13(2)14(3)31-20)21(28)25(22)10-11-29-4/h6-9H,5,10-12H2,1-4H3,(H,23,27). The SMILES string of the molecule is CCC(=O)Nc1ccc(C(=O)CSc2nc3sc(C)c(C)c3c(=O)n2CCOC)cc1. The minimum absolute atomic E-state index is 0.0791. The van der Waals surface area contributed by atoms with E-state index < -0.39 is 0 Å². The molecular weight excluding hydrogens is 434 g/mol. The highest BCUT2D eigenvalue weighted by molar-refractivity contribution is 7.99. The molecule has 0 saturated carbocycles. The summed E-state index contributed by atoms with van der Waals surface area (Å²) in [5.41, 5.74) is 2.04. The van der Waals surface area contributed by atoms with Crippen LogP contribution in [0.25, 0.3) is 10.2 Å². The van der Waals surface area contributed by atoms with E-state index in [2.05, 4.69) is 10.3 Å². The first-order valence-corrected chi connectivity index (χ1v) is 11.7. The predicted molar refractivity (Wildman–Crippen MR) is 126 cm³/mol. The Morgan fingerprint density at radius 1 is 1.23 bits per heavy atom. The molecule has 31 heavy (non-hydrogen) atoms. The van der Waals surface area contributed by atoms with E-state index in [1.165, 1.54) is 23.1 Å². The van der Waals surface area contributed by atoms with Gasteiger partial charge in [0.15, 0.2) is 10.9 Å². The van der Waals surface area contributed by atoms with Crippen LogP contribution in [-0.4, -0.2) is 40.7 Å². The largest absolute Gasteiger partial charge is 0.383 e. The number of ketones is 1. The number of hydrogen-bond donors (Lipinski definition) is 1. The highest BCUT2D eigenvalue weighted by atomic mass is 32.2. The van der Waals surface area contributed by atoms with Crippen molar-refractivity contribution in [3.05, 3.63) is 50.6 Å². The van der Waals surface area contributed by atoms with Gasteiger partial charge in [0.05, 0.1) is 24.3 Å². The van der Waals surface area contributed by atoms with Gasteiger partial charge in [-0.15, -0.1) is 11.3 Å². The van der Waals surface area contributed by atoms with Gasteiger partial charge < -0.3 is 10.1 Å². The molecular formula is C22H25N3O4S2. The Morgan fingerprint density at radius 3 is 2.58 bits per heavy atom. The van der Waals surface area contributed by atoms with Gasteiger partial charge in [0.1, 0.15) is 4.83 Å². The van der Waals surface area contributed by atoms with Crippen LogP contribution in [0, 0.1) is 13.8 Å². The fourth-order valence-corrected chi connectivity index (χ4v) is 4.99. The van der Waals surface area contributed by atoms with Gasteiger partial charge >= 0.3 is 0 Å². The van der Waals surface area contributed by atoms with Crippen molar-refractivity contribution < 1.29 is 14.3 Å². The first-order chi connectivity index (χ1) is 14.8. The summed E-state index contributed by atoms with van der Waals surface area (Å²) in [6.45, 7) is 6.43. The summed E-state index contributed by atoms with van der Waals surface area (Å²) >= 11 is 2.74. The van der Waals surface area contributed by atoms with Crippen LogP contribution in [0.15, 0.2) is 34.2 Å². The molecule has 9 heteroatoms. The van der Waals surface area contributed by atoms with Gasteiger partial charge in [-0.1, -0.05) is 18.7 Å². The smallest absolute Gasteiger partial charge is 0.263 e. The number of thiophene rings is 1. The third-order valence-electron chi connectivity index (χ3n) is 4.92. The van der Waals surface area contributed by atoms with Crippen molar-refractivity contribution in [2.45, 2.75) is 38.9 Å². The number of methoxy groups -OCH3 is 1. The average Bonchev–Trinajstić information content (AvgIpc) is 3.05. The second-order valence-electron chi connectivity index (χ2n) is 7.00. The van der Waals surface area contributed by atoms with Crippen LogP contribution >= 0.6 is 23.1 Å². The Hall–Kier alpha value is -2.49. The molecule has 0 saturated heterocycles. The number of Topliss-reactive ketones (excluding diaryl/α,β-unsaturated/α-hetero) is 1. The van der Waals surface area contributed by atoms with Crippen molar-refractivity contribution >= 4 is 50.7 Å². The van der Waals surface area contributed by atoms with Crippen LogP contribution in [0.4, 0.5) is 5.69 Å². The summed E-state index contributed by atoms with van der Waals surface area (Å²) < 4.78 is 6.74.